The minimum Gasteiger partial charge on any atom is -0.304 e. The molecule has 0 bridgehead atoms. The van der Waals surface area contributed by atoms with E-state index >= 15 is 0 Å². The highest BCUT2D eigenvalue weighted by Gasteiger charge is 2.36. The number of rotatable bonds is 4. The molecule has 0 N–H and O–H groups in total. The van der Waals surface area contributed by atoms with Gasteiger partial charge in [-0.3, -0.25) is 0 Å². The van der Waals surface area contributed by atoms with Gasteiger partial charge < -0.3 is 4.90 Å². The molecule has 0 spiro atoms. The molecule has 0 amide bonds. The number of hydrogen-bond donors (Lipinski definition) is 0. The standard InChI is InChI=1S/C16H23N5O4S2/c1-18-6-8-20(9-7-18)27(24,25)21-12-10-19(11-13-21)26(22,23)16-4-2-15(14-17)3-5-16/h2-5H,6-13H2,1H3. The van der Waals surface area contributed by atoms with Crippen molar-refractivity contribution in [3.05, 3.63) is 29.8 Å². The second-order valence-electron chi connectivity index (χ2n) is 6.65. The van der Waals surface area contributed by atoms with Crippen molar-refractivity contribution < 1.29 is 16.8 Å². The molecule has 27 heavy (non-hydrogen) atoms. The van der Waals surface area contributed by atoms with E-state index in [9.17, 15) is 16.8 Å². The zero-order valence-corrected chi connectivity index (χ0v) is 16.8. The molecule has 0 atom stereocenters. The molecule has 0 aromatic heterocycles. The van der Waals surface area contributed by atoms with Gasteiger partial charge in [0, 0.05) is 52.4 Å². The summed E-state index contributed by atoms with van der Waals surface area (Å²) in [6, 6.07) is 7.68. The molecule has 1 aromatic carbocycles. The summed E-state index contributed by atoms with van der Waals surface area (Å²) in [6.07, 6.45) is 0. The van der Waals surface area contributed by atoms with E-state index in [4.69, 9.17) is 5.26 Å². The molecule has 0 unspecified atom stereocenters. The molecule has 2 aliphatic heterocycles. The van der Waals surface area contributed by atoms with E-state index in [-0.39, 0.29) is 31.1 Å². The van der Waals surface area contributed by atoms with Crippen LogP contribution in [0.2, 0.25) is 0 Å². The minimum atomic E-state index is -3.71. The summed E-state index contributed by atoms with van der Waals surface area (Å²) in [6.45, 7) is 2.74. The smallest absolute Gasteiger partial charge is 0.282 e. The van der Waals surface area contributed by atoms with Crippen LogP contribution in [-0.4, -0.2) is 94.1 Å². The Morgan fingerprint density at radius 2 is 1.22 bits per heavy atom. The lowest BCUT2D eigenvalue weighted by Crippen LogP contribution is -2.57. The lowest BCUT2D eigenvalue weighted by molar-refractivity contribution is 0.201. The Balaban J connectivity index is 1.66. The quantitative estimate of drug-likeness (QED) is 0.650. The van der Waals surface area contributed by atoms with Crippen LogP contribution < -0.4 is 0 Å². The largest absolute Gasteiger partial charge is 0.304 e. The fourth-order valence-corrected chi connectivity index (χ4v) is 6.17. The fraction of sp³-hybridized carbons (Fsp3) is 0.562. The molecule has 9 nitrogen and oxygen atoms in total. The summed E-state index contributed by atoms with van der Waals surface area (Å²) in [4.78, 5) is 2.19. The highest BCUT2D eigenvalue weighted by Crippen LogP contribution is 2.20. The second kappa shape index (κ2) is 7.83. The summed E-state index contributed by atoms with van der Waals surface area (Å²) in [5.74, 6) is 0. The maximum absolute atomic E-state index is 12.8. The van der Waals surface area contributed by atoms with Crippen LogP contribution in [0.1, 0.15) is 5.56 Å². The summed E-state index contributed by atoms with van der Waals surface area (Å²) in [7, 11) is -5.32. The van der Waals surface area contributed by atoms with E-state index in [1.165, 1.54) is 37.2 Å². The van der Waals surface area contributed by atoms with Crippen LogP contribution in [0.3, 0.4) is 0 Å². The van der Waals surface area contributed by atoms with Crippen LogP contribution in [0, 0.1) is 11.3 Å². The average molecular weight is 414 g/mol. The van der Waals surface area contributed by atoms with Gasteiger partial charge in [0.1, 0.15) is 0 Å². The topological polar surface area (TPSA) is 105 Å². The van der Waals surface area contributed by atoms with Crippen molar-refractivity contribution in [3.63, 3.8) is 0 Å². The van der Waals surface area contributed by atoms with Crippen LogP contribution in [-0.2, 0) is 20.2 Å². The van der Waals surface area contributed by atoms with E-state index in [1.54, 1.807) is 0 Å². The molecule has 2 aliphatic rings. The molecule has 0 radical (unpaired) electrons. The molecule has 1 aromatic rings. The Morgan fingerprint density at radius 3 is 1.70 bits per heavy atom. The average Bonchev–Trinajstić information content (AvgIpc) is 2.68. The Bertz CT molecular complexity index is 909. The van der Waals surface area contributed by atoms with Crippen molar-refractivity contribution in [1.29, 1.82) is 5.26 Å². The molecule has 11 heteroatoms. The van der Waals surface area contributed by atoms with E-state index in [0.717, 1.165) is 0 Å². The van der Waals surface area contributed by atoms with Crippen molar-refractivity contribution >= 4 is 20.2 Å². The van der Waals surface area contributed by atoms with Gasteiger partial charge in [0.15, 0.2) is 0 Å². The van der Waals surface area contributed by atoms with Crippen molar-refractivity contribution in [3.8, 4) is 6.07 Å². The maximum Gasteiger partial charge on any atom is 0.282 e. The van der Waals surface area contributed by atoms with Gasteiger partial charge in [-0.05, 0) is 31.3 Å². The van der Waals surface area contributed by atoms with Gasteiger partial charge >= 0.3 is 0 Å². The molecule has 2 saturated heterocycles. The third-order valence-electron chi connectivity index (χ3n) is 4.93. The van der Waals surface area contributed by atoms with Gasteiger partial charge in [-0.2, -0.15) is 26.6 Å². The fourth-order valence-electron chi connectivity index (χ4n) is 3.17. The van der Waals surface area contributed by atoms with E-state index in [0.29, 0.717) is 31.7 Å². The number of hydrogen-bond acceptors (Lipinski definition) is 6. The predicted octanol–water partition coefficient (Wildman–Crippen LogP) is -0.643. The minimum absolute atomic E-state index is 0.106. The molecule has 148 valence electrons. The highest BCUT2D eigenvalue weighted by molar-refractivity contribution is 7.89. The lowest BCUT2D eigenvalue weighted by atomic mass is 10.2. The third kappa shape index (κ3) is 4.16. The van der Waals surface area contributed by atoms with Crippen LogP contribution in [0.25, 0.3) is 0 Å². The Kier molecular flexibility index (Phi) is 5.85. The zero-order valence-electron chi connectivity index (χ0n) is 15.2. The first-order valence-corrected chi connectivity index (χ1v) is 11.5. The van der Waals surface area contributed by atoms with Gasteiger partial charge in [-0.25, -0.2) is 8.42 Å². The van der Waals surface area contributed by atoms with Crippen LogP contribution in [0.5, 0.6) is 0 Å². The maximum atomic E-state index is 12.8. The zero-order chi connectivity index (χ0) is 19.7. The van der Waals surface area contributed by atoms with E-state index < -0.39 is 20.2 Å². The van der Waals surface area contributed by atoms with Gasteiger partial charge in [0.05, 0.1) is 16.5 Å². The van der Waals surface area contributed by atoms with Gasteiger partial charge in [0.25, 0.3) is 10.2 Å². The second-order valence-corrected chi connectivity index (χ2v) is 10.5. The number of likely N-dealkylation sites (N-methyl/N-ethyl adjacent to an activating group) is 1. The Morgan fingerprint density at radius 1 is 0.778 bits per heavy atom. The summed E-state index contributed by atoms with van der Waals surface area (Å²) in [5.41, 5.74) is 0.386. The van der Waals surface area contributed by atoms with E-state index in [1.807, 2.05) is 13.1 Å². The molecular weight excluding hydrogens is 390 g/mol. The Labute approximate surface area is 160 Å². The Hall–Kier alpha value is -1.55. The van der Waals surface area contributed by atoms with Crippen LogP contribution in [0.4, 0.5) is 0 Å². The number of nitrogens with zero attached hydrogens (tertiary/aromatic N) is 5. The van der Waals surface area contributed by atoms with Gasteiger partial charge in [-0.1, -0.05) is 0 Å². The number of nitriles is 1. The highest BCUT2D eigenvalue weighted by atomic mass is 32.2. The van der Waals surface area contributed by atoms with Crippen LogP contribution >= 0.6 is 0 Å². The first-order valence-electron chi connectivity index (χ1n) is 8.69. The van der Waals surface area contributed by atoms with Gasteiger partial charge in [-0.15, -0.1) is 0 Å². The summed E-state index contributed by atoms with van der Waals surface area (Å²) >= 11 is 0. The van der Waals surface area contributed by atoms with Crippen molar-refractivity contribution in [1.82, 2.24) is 17.8 Å². The number of benzene rings is 1. The van der Waals surface area contributed by atoms with Crippen molar-refractivity contribution in [2.45, 2.75) is 4.90 Å². The molecule has 0 saturated carbocycles. The van der Waals surface area contributed by atoms with Crippen LogP contribution in [0.15, 0.2) is 29.2 Å². The first-order chi connectivity index (χ1) is 12.7. The lowest BCUT2D eigenvalue weighted by Gasteiger charge is -2.38. The predicted molar refractivity (Wildman–Crippen MR) is 99.5 cm³/mol. The molecule has 2 heterocycles. The van der Waals surface area contributed by atoms with E-state index in [2.05, 4.69) is 4.90 Å². The normalized spacial score (nSPS) is 21.8. The van der Waals surface area contributed by atoms with Crippen molar-refractivity contribution in [2.75, 3.05) is 59.4 Å². The summed E-state index contributed by atoms with van der Waals surface area (Å²) in [5, 5.41) is 8.83. The summed E-state index contributed by atoms with van der Waals surface area (Å²) < 4.78 is 55.2. The first kappa shape index (κ1) is 20.2. The SMILES string of the molecule is CN1CCN(S(=O)(=O)N2CCN(S(=O)(=O)c3ccc(C#N)cc3)CC2)CC1. The number of sulfonamides is 1. The molecule has 3 rings (SSSR count). The monoisotopic (exact) mass is 413 g/mol. The van der Waals surface area contributed by atoms with Gasteiger partial charge in [0.2, 0.25) is 10.0 Å². The third-order valence-corrected chi connectivity index (χ3v) is 8.88. The number of piperazine rings is 2. The molecule has 0 aliphatic carbocycles. The molecular formula is C16H23N5O4S2. The van der Waals surface area contributed by atoms with Crippen molar-refractivity contribution in [2.24, 2.45) is 0 Å². The molecule has 2 fully saturated rings.